The zero-order valence-electron chi connectivity index (χ0n) is 11.2. The van der Waals surface area contributed by atoms with Crippen LogP contribution in [0.1, 0.15) is 26.7 Å². The Morgan fingerprint density at radius 3 is 2.78 bits per heavy atom. The third-order valence-electron chi connectivity index (χ3n) is 3.34. The summed E-state index contributed by atoms with van der Waals surface area (Å²) in [6.45, 7) is 4.35. The highest BCUT2D eigenvalue weighted by molar-refractivity contribution is 7.98. The maximum Gasteiger partial charge on any atom is 0.326 e. The molecule has 1 saturated heterocycles. The number of nitrogens with one attached hydrogen (secondary N) is 1. The summed E-state index contributed by atoms with van der Waals surface area (Å²) in [6.07, 6.45) is 3.68. The van der Waals surface area contributed by atoms with E-state index in [1.165, 1.54) is 4.90 Å². The Kier molecular flexibility index (Phi) is 5.78. The SMILES string of the molecule is CSCCC(C)NC(=O)N1CCC(C)C1C(=O)O. The van der Waals surface area contributed by atoms with E-state index in [4.69, 9.17) is 5.11 Å². The molecule has 1 aliphatic rings. The van der Waals surface area contributed by atoms with Crippen molar-refractivity contribution in [2.24, 2.45) is 5.92 Å². The van der Waals surface area contributed by atoms with E-state index in [1.807, 2.05) is 20.1 Å². The largest absolute Gasteiger partial charge is 0.480 e. The summed E-state index contributed by atoms with van der Waals surface area (Å²) < 4.78 is 0. The lowest BCUT2D eigenvalue weighted by atomic mass is 10.0. The standard InChI is InChI=1S/C12H22N2O3S/c1-8-4-6-14(10(8)11(15)16)12(17)13-9(2)5-7-18-3/h8-10H,4-7H2,1-3H3,(H,13,17)(H,15,16). The second-order valence-electron chi connectivity index (χ2n) is 4.87. The van der Waals surface area contributed by atoms with Gasteiger partial charge in [-0.25, -0.2) is 9.59 Å². The second-order valence-corrected chi connectivity index (χ2v) is 5.86. The fraction of sp³-hybridized carbons (Fsp3) is 0.833. The van der Waals surface area contributed by atoms with Gasteiger partial charge in [-0.3, -0.25) is 0 Å². The number of amides is 2. The highest BCUT2D eigenvalue weighted by Gasteiger charge is 2.39. The fourth-order valence-electron chi connectivity index (χ4n) is 2.21. The summed E-state index contributed by atoms with van der Waals surface area (Å²) in [6, 6.07) is -0.853. The third kappa shape index (κ3) is 3.80. The number of carboxylic acids is 1. The predicted molar refractivity (Wildman–Crippen MR) is 72.9 cm³/mol. The first kappa shape index (κ1) is 15.1. The molecule has 0 aromatic rings. The van der Waals surface area contributed by atoms with Crippen LogP contribution in [0.5, 0.6) is 0 Å². The average molecular weight is 274 g/mol. The molecule has 2 N–H and O–H groups in total. The van der Waals surface area contributed by atoms with Gasteiger partial charge in [-0.2, -0.15) is 11.8 Å². The normalized spacial score (nSPS) is 24.9. The van der Waals surface area contributed by atoms with Crippen LogP contribution in [0, 0.1) is 5.92 Å². The molecule has 5 nitrogen and oxygen atoms in total. The second kappa shape index (κ2) is 6.87. The number of thioether (sulfide) groups is 1. The monoisotopic (exact) mass is 274 g/mol. The number of likely N-dealkylation sites (tertiary alicyclic amines) is 1. The Morgan fingerprint density at radius 2 is 2.22 bits per heavy atom. The molecular weight excluding hydrogens is 252 g/mol. The summed E-state index contributed by atoms with van der Waals surface area (Å²) in [7, 11) is 0. The lowest BCUT2D eigenvalue weighted by Crippen LogP contribution is -2.49. The molecule has 0 aromatic heterocycles. The van der Waals surface area contributed by atoms with Crippen molar-refractivity contribution >= 4 is 23.8 Å². The molecule has 6 heteroatoms. The van der Waals surface area contributed by atoms with Crippen molar-refractivity contribution in [2.45, 2.75) is 38.8 Å². The van der Waals surface area contributed by atoms with Crippen LogP contribution in [0.3, 0.4) is 0 Å². The van der Waals surface area contributed by atoms with Gasteiger partial charge in [0.2, 0.25) is 0 Å². The first-order chi connectivity index (χ1) is 8.47. The molecule has 3 unspecified atom stereocenters. The molecule has 0 radical (unpaired) electrons. The summed E-state index contributed by atoms with van der Waals surface area (Å²) in [5.74, 6) is 0.0990. The van der Waals surface area contributed by atoms with Crippen molar-refractivity contribution in [3.05, 3.63) is 0 Å². The molecule has 0 saturated carbocycles. The first-order valence-corrected chi connectivity index (χ1v) is 7.65. The zero-order valence-corrected chi connectivity index (χ0v) is 12.0. The van der Waals surface area contributed by atoms with E-state index in [0.717, 1.165) is 18.6 Å². The number of rotatable bonds is 5. The van der Waals surface area contributed by atoms with Crippen molar-refractivity contribution in [1.29, 1.82) is 0 Å². The van der Waals surface area contributed by atoms with Gasteiger partial charge in [0.05, 0.1) is 0 Å². The molecule has 1 fully saturated rings. The quantitative estimate of drug-likeness (QED) is 0.799. The minimum atomic E-state index is -0.910. The summed E-state index contributed by atoms with van der Waals surface area (Å²) in [5.41, 5.74) is 0. The van der Waals surface area contributed by atoms with Crippen LogP contribution < -0.4 is 5.32 Å². The van der Waals surface area contributed by atoms with E-state index in [9.17, 15) is 9.59 Å². The smallest absolute Gasteiger partial charge is 0.326 e. The fourth-order valence-corrected chi connectivity index (χ4v) is 2.80. The van der Waals surface area contributed by atoms with Gasteiger partial charge in [-0.05, 0) is 37.7 Å². The number of nitrogens with zero attached hydrogens (tertiary/aromatic N) is 1. The lowest BCUT2D eigenvalue weighted by molar-refractivity contribution is -0.142. The van der Waals surface area contributed by atoms with E-state index in [1.54, 1.807) is 11.8 Å². The Hall–Kier alpha value is -0.910. The van der Waals surface area contributed by atoms with Gasteiger partial charge < -0.3 is 15.3 Å². The maximum absolute atomic E-state index is 12.0. The van der Waals surface area contributed by atoms with Crippen molar-refractivity contribution < 1.29 is 14.7 Å². The Balaban J connectivity index is 2.53. The number of carbonyl (C=O) groups excluding carboxylic acids is 1. The average Bonchev–Trinajstić information content (AvgIpc) is 2.68. The number of aliphatic carboxylic acids is 1. The molecule has 2 amide bonds. The van der Waals surface area contributed by atoms with Crippen LogP contribution in [0.15, 0.2) is 0 Å². The summed E-state index contributed by atoms with van der Waals surface area (Å²) >= 11 is 1.74. The molecule has 18 heavy (non-hydrogen) atoms. The molecule has 0 aromatic carbocycles. The molecule has 3 atom stereocenters. The highest BCUT2D eigenvalue weighted by Crippen LogP contribution is 2.24. The van der Waals surface area contributed by atoms with Gasteiger partial charge in [0.1, 0.15) is 6.04 Å². The zero-order chi connectivity index (χ0) is 13.7. The topological polar surface area (TPSA) is 69.6 Å². The number of urea groups is 1. The highest BCUT2D eigenvalue weighted by atomic mass is 32.2. The number of hydrogen-bond donors (Lipinski definition) is 2. The van der Waals surface area contributed by atoms with Crippen LogP contribution in [0.25, 0.3) is 0 Å². The molecule has 1 heterocycles. The van der Waals surface area contributed by atoms with Crippen LogP contribution in [0.4, 0.5) is 4.79 Å². The summed E-state index contributed by atoms with van der Waals surface area (Å²) in [4.78, 5) is 24.6. The lowest BCUT2D eigenvalue weighted by Gasteiger charge is -2.25. The van der Waals surface area contributed by atoms with Crippen LogP contribution >= 0.6 is 11.8 Å². The Labute approximate surface area is 112 Å². The van der Waals surface area contributed by atoms with E-state index < -0.39 is 12.0 Å². The molecule has 0 spiro atoms. The van der Waals surface area contributed by atoms with Gasteiger partial charge >= 0.3 is 12.0 Å². The third-order valence-corrected chi connectivity index (χ3v) is 3.98. The van der Waals surface area contributed by atoms with Crippen molar-refractivity contribution in [2.75, 3.05) is 18.6 Å². The van der Waals surface area contributed by atoms with E-state index in [0.29, 0.717) is 6.54 Å². The van der Waals surface area contributed by atoms with Gasteiger partial charge in [-0.1, -0.05) is 6.92 Å². The molecule has 0 bridgehead atoms. The van der Waals surface area contributed by atoms with Crippen LogP contribution in [-0.4, -0.2) is 52.6 Å². The maximum atomic E-state index is 12.0. The molecular formula is C12H22N2O3S. The van der Waals surface area contributed by atoms with Crippen molar-refractivity contribution in [3.63, 3.8) is 0 Å². The first-order valence-electron chi connectivity index (χ1n) is 6.26. The van der Waals surface area contributed by atoms with Gasteiger partial charge in [0.15, 0.2) is 0 Å². The molecule has 0 aliphatic carbocycles. The predicted octanol–water partition coefficient (Wildman–Crippen LogP) is 1.63. The number of carboxylic acid groups (broad SMARTS) is 1. The van der Waals surface area contributed by atoms with Crippen molar-refractivity contribution in [1.82, 2.24) is 10.2 Å². The molecule has 1 rings (SSSR count). The van der Waals surface area contributed by atoms with Crippen LogP contribution in [-0.2, 0) is 4.79 Å². The van der Waals surface area contributed by atoms with Gasteiger partial charge in [-0.15, -0.1) is 0 Å². The Bertz CT molecular complexity index is 312. The Morgan fingerprint density at radius 1 is 1.56 bits per heavy atom. The minimum Gasteiger partial charge on any atom is -0.480 e. The van der Waals surface area contributed by atoms with Gasteiger partial charge in [0, 0.05) is 12.6 Å². The molecule has 104 valence electrons. The van der Waals surface area contributed by atoms with Crippen molar-refractivity contribution in [3.8, 4) is 0 Å². The van der Waals surface area contributed by atoms with Gasteiger partial charge in [0.25, 0.3) is 0 Å². The number of hydrogen-bond acceptors (Lipinski definition) is 3. The molecule has 1 aliphatic heterocycles. The minimum absolute atomic E-state index is 0.0229. The summed E-state index contributed by atoms with van der Waals surface area (Å²) in [5, 5.41) is 12.0. The van der Waals surface area contributed by atoms with E-state index in [2.05, 4.69) is 5.32 Å². The number of carbonyl (C=O) groups is 2. The van der Waals surface area contributed by atoms with E-state index in [-0.39, 0.29) is 18.0 Å². The van der Waals surface area contributed by atoms with E-state index >= 15 is 0 Å². The van der Waals surface area contributed by atoms with Crippen LogP contribution in [0.2, 0.25) is 0 Å².